The molecule has 0 radical (unpaired) electrons. The van der Waals surface area contributed by atoms with Crippen molar-refractivity contribution in [2.75, 3.05) is 5.32 Å². The normalized spacial score (nSPS) is 11.2. The van der Waals surface area contributed by atoms with Crippen LogP contribution >= 0.6 is 23.2 Å². The van der Waals surface area contributed by atoms with Gasteiger partial charge in [-0.3, -0.25) is 4.79 Å². The van der Waals surface area contributed by atoms with Gasteiger partial charge in [0, 0.05) is 15.7 Å². The molecule has 0 aliphatic heterocycles. The van der Waals surface area contributed by atoms with Gasteiger partial charge < -0.3 is 5.32 Å². The summed E-state index contributed by atoms with van der Waals surface area (Å²) in [6, 6.07) is 19.2. The number of nitrogens with one attached hydrogen (secondary N) is 1. The zero-order valence-corrected chi connectivity index (χ0v) is 16.4. The predicted molar refractivity (Wildman–Crippen MR) is 107 cm³/mol. The highest BCUT2D eigenvalue weighted by molar-refractivity contribution is 7.91. The summed E-state index contributed by atoms with van der Waals surface area (Å²) < 4.78 is 25.3. The average molecular weight is 420 g/mol. The van der Waals surface area contributed by atoms with Crippen LogP contribution < -0.4 is 5.32 Å². The largest absolute Gasteiger partial charge is 0.326 e. The first-order valence-electron chi connectivity index (χ1n) is 8.00. The van der Waals surface area contributed by atoms with E-state index in [0.717, 1.165) is 5.56 Å². The summed E-state index contributed by atoms with van der Waals surface area (Å²) in [5.41, 5.74) is 1.22. The minimum atomic E-state index is -3.68. The topological polar surface area (TPSA) is 63.2 Å². The number of anilines is 1. The Hall–Kier alpha value is -2.34. The number of halogens is 2. The second-order valence-corrected chi connectivity index (χ2v) is 8.59. The molecule has 0 aliphatic rings. The quantitative estimate of drug-likeness (QED) is 0.631. The summed E-state index contributed by atoms with van der Waals surface area (Å²) in [6.07, 6.45) is 0.127. The zero-order valence-electron chi connectivity index (χ0n) is 14.0. The highest BCUT2D eigenvalue weighted by Crippen LogP contribution is 2.24. The number of hydrogen-bond donors (Lipinski definition) is 1. The standard InChI is InChI=1S/C20H15Cl2NO3S/c21-15-5-3-6-18(13-15)27(25,26)17-10-8-16(9-11-17)23-20(24)12-14-4-1-2-7-19(14)22/h1-11,13H,12H2,(H,23,24). The van der Waals surface area contributed by atoms with Crippen molar-refractivity contribution in [2.45, 2.75) is 16.2 Å². The van der Waals surface area contributed by atoms with Crippen LogP contribution in [0.1, 0.15) is 5.56 Å². The number of amides is 1. The number of rotatable bonds is 5. The van der Waals surface area contributed by atoms with Gasteiger partial charge in [-0.1, -0.05) is 47.5 Å². The van der Waals surface area contributed by atoms with Crippen molar-refractivity contribution in [3.8, 4) is 0 Å². The molecule has 4 nitrogen and oxygen atoms in total. The van der Waals surface area contributed by atoms with Gasteiger partial charge in [-0.05, 0) is 54.1 Å². The summed E-state index contributed by atoms with van der Waals surface area (Å²) in [5.74, 6) is -0.242. The number of benzene rings is 3. The number of carbonyl (C=O) groups excluding carboxylic acids is 1. The maximum absolute atomic E-state index is 12.6. The molecule has 0 aliphatic carbocycles. The lowest BCUT2D eigenvalue weighted by atomic mass is 10.1. The van der Waals surface area contributed by atoms with Gasteiger partial charge in [-0.2, -0.15) is 0 Å². The maximum atomic E-state index is 12.6. The molecule has 3 aromatic rings. The van der Waals surface area contributed by atoms with Crippen molar-refractivity contribution in [1.82, 2.24) is 0 Å². The van der Waals surface area contributed by atoms with Crippen molar-refractivity contribution < 1.29 is 13.2 Å². The average Bonchev–Trinajstić information content (AvgIpc) is 2.64. The maximum Gasteiger partial charge on any atom is 0.228 e. The Kier molecular flexibility index (Phi) is 5.85. The molecule has 0 saturated carbocycles. The summed E-state index contributed by atoms with van der Waals surface area (Å²) in [6.45, 7) is 0. The van der Waals surface area contributed by atoms with Gasteiger partial charge in [0.25, 0.3) is 0 Å². The molecule has 0 bridgehead atoms. The molecule has 0 saturated heterocycles. The van der Waals surface area contributed by atoms with Crippen molar-refractivity contribution in [3.05, 3.63) is 88.4 Å². The highest BCUT2D eigenvalue weighted by atomic mass is 35.5. The van der Waals surface area contributed by atoms with Crippen LogP contribution in [0.15, 0.2) is 82.6 Å². The van der Waals surface area contributed by atoms with E-state index < -0.39 is 9.84 Å². The van der Waals surface area contributed by atoms with Gasteiger partial charge in [0.1, 0.15) is 0 Å². The third-order valence-electron chi connectivity index (χ3n) is 3.86. The minimum Gasteiger partial charge on any atom is -0.326 e. The Morgan fingerprint density at radius 3 is 2.22 bits per heavy atom. The van der Waals surface area contributed by atoms with E-state index in [1.807, 2.05) is 6.07 Å². The number of carbonyl (C=O) groups is 1. The van der Waals surface area contributed by atoms with Crippen molar-refractivity contribution >= 4 is 44.6 Å². The highest BCUT2D eigenvalue weighted by Gasteiger charge is 2.18. The summed E-state index contributed by atoms with van der Waals surface area (Å²) in [7, 11) is -3.68. The van der Waals surface area contributed by atoms with E-state index in [2.05, 4.69) is 5.32 Å². The first-order valence-corrected chi connectivity index (χ1v) is 10.2. The Bertz CT molecular complexity index is 1080. The SMILES string of the molecule is O=C(Cc1ccccc1Cl)Nc1ccc(S(=O)(=O)c2cccc(Cl)c2)cc1. The zero-order chi connectivity index (χ0) is 19.4. The van der Waals surface area contributed by atoms with E-state index in [9.17, 15) is 13.2 Å². The molecule has 138 valence electrons. The number of sulfone groups is 1. The lowest BCUT2D eigenvalue weighted by Crippen LogP contribution is -2.14. The molecule has 0 atom stereocenters. The van der Waals surface area contributed by atoms with Crippen LogP contribution in [0.4, 0.5) is 5.69 Å². The van der Waals surface area contributed by atoms with Crippen molar-refractivity contribution in [1.29, 1.82) is 0 Å². The van der Waals surface area contributed by atoms with Crippen LogP contribution in [-0.4, -0.2) is 14.3 Å². The van der Waals surface area contributed by atoms with E-state index in [1.165, 1.54) is 24.3 Å². The van der Waals surface area contributed by atoms with E-state index in [-0.39, 0.29) is 22.1 Å². The lowest BCUT2D eigenvalue weighted by molar-refractivity contribution is -0.115. The number of hydrogen-bond acceptors (Lipinski definition) is 3. The summed E-state index contributed by atoms with van der Waals surface area (Å²) >= 11 is 11.9. The van der Waals surface area contributed by atoms with Crippen LogP contribution in [0, 0.1) is 0 Å². The molecule has 1 N–H and O–H groups in total. The molecule has 3 aromatic carbocycles. The molecule has 0 aromatic heterocycles. The van der Waals surface area contributed by atoms with E-state index in [1.54, 1.807) is 42.5 Å². The van der Waals surface area contributed by atoms with Crippen LogP contribution in [-0.2, 0) is 21.1 Å². The Balaban J connectivity index is 1.74. The van der Waals surface area contributed by atoms with E-state index in [0.29, 0.717) is 15.7 Å². The molecule has 0 fully saturated rings. The third-order valence-corrected chi connectivity index (χ3v) is 6.23. The summed E-state index contributed by atoms with van der Waals surface area (Å²) in [4.78, 5) is 12.4. The predicted octanol–water partition coefficient (Wildman–Crippen LogP) is 5.01. The van der Waals surface area contributed by atoms with Crippen LogP contribution in [0.2, 0.25) is 10.0 Å². The minimum absolute atomic E-state index is 0.116. The summed E-state index contributed by atoms with van der Waals surface area (Å²) in [5, 5.41) is 3.60. The second-order valence-electron chi connectivity index (χ2n) is 5.80. The molecule has 1 amide bonds. The van der Waals surface area contributed by atoms with E-state index in [4.69, 9.17) is 23.2 Å². The molecule has 27 heavy (non-hydrogen) atoms. The van der Waals surface area contributed by atoms with Crippen molar-refractivity contribution in [2.24, 2.45) is 0 Å². The van der Waals surface area contributed by atoms with Gasteiger partial charge >= 0.3 is 0 Å². The van der Waals surface area contributed by atoms with Crippen LogP contribution in [0.25, 0.3) is 0 Å². The molecule has 0 heterocycles. The second kappa shape index (κ2) is 8.13. The molecule has 3 rings (SSSR count). The fraction of sp³-hybridized carbons (Fsp3) is 0.0500. The third kappa shape index (κ3) is 4.69. The van der Waals surface area contributed by atoms with Gasteiger partial charge in [-0.15, -0.1) is 0 Å². The smallest absolute Gasteiger partial charge is 0.228 e. The molecule has 7 heteroatoms. The molecular formula is C20H15Cl2NO3S. The Morgan fingerprint density at radius 1 is 0.852 bits per heavy atom. The molecular weight excluding hydrogens is 405 g/mol. The Morgan fingerprint density at radius 2 is 1.56 bits per heavy atom. The monoisotopic (exact) mass is 419 g/mol. The van der Waals surface area contributed by atoms with E-state index >= 15 is 0 Å². The Labute approximate surface area is 167 Å². The first kappa shape index (κ1) is 19.4. The first-order chi connectivity index (χ1) is 12.9. The van der Waals surface area contributed by atoms with Crippen LogP contribution in [0.3, 0.4) is 0 Å². The molecule has 0 unspecified atom stereocenters. The van der Waals surface area contributed by atoms with Crippen LogP contribution in [0.5, 0.6) is 0 Å². The van der Waals surface area contributed by atoms with Crippen molar-refractivity contribution in [3.63, 3.8) is 0 Å². The lowest BCUT2D eigenvalue weighted by Gasteiger charge is -2.09. The van der Waals surface area contributed by atoms with Gasteiger partial charge in [0.15, 0.2) is 0 Å². The van der Waals surface area contributed by atoms with Gasteiger partial charge in [0.2, 0.25) is 15.7 Å². The molecule has 0 spiro atoms. The van der Waals surface area contributed by atoms with Gasteiger partial charge in [0.05, 0.1) is 16.2 Å². The fourth-order valence-corrected chi connectivity index (χ4v) is 4.27. The fourth-order valence-electron chi connectivity index (χ4n) is 2.51. The van der Waals surface area contributed by atoms with Gasteiger partial charge in [-0.25, -0.2) is 8.42 Å².